The summed E-state index contributed by atoms with van der Waals surface area (Å²) >= 11 is 0. The molecule has 0 saturated carbocycles. The fraction of sp³-hybridized carbons (Fsp3) is 0.167. The van der Waals surface area contributed by atoms with E-state index in [4.69, 9.17) is 5.10 Å². The molecule has 0 atom stereocenters. The Hall–Kier alpha value is -4.00. The molecule has 0 aliphatic heterocycles. The number of benzene rings is 1. The highest BCUT2D eigenvalue weighted by molar-refractivity contribution is 6.01. The van der Waals surface area contributed by atoms with Gasteiger partial charge in [0.05, 0.1) is 12.7 Å². The standard InChI is InChI=1S/C24H24N6O/c1-18(2)30-22(12-14-26-30)27-23(31)11-10-21-17-29(16-19-7-4-3-5-8-19)28-24(21)20-9-6-13-25-15-20/h3-15,17-18H,16H2,1-2H3,(H,27,31). The van der Waals surface area contributed by atoms with Crippen LogP contribution in [-0.2, 0) is 11.3 Å². The lowest BCUT2D eigenvalue weighted by atomic mass is 10.1. The van der Waals surface area contributed by atoms with Gasteiger partial charge in [-0.2, -0.15) is 10.2 Å². The Morgan fingerprint density at radius 2 is 1.94 bits per heavy atom. The number of nitrogens with one attached hydrogen (secondary N) is 1. The predicted octanol–water partition coefficient (Wildman–Crippen LogP) is 4.42. The molecule has 0 aliphatic rings. The van der Waals surface area contributed by atoms with Crippen molar-refractivity contribution in [3.05, 3.63) is 90.5 Å². The van der Waals surface area contributed by atoms with E-state index in [-0.39, 0.29) is 11.9 Å². The summed E-state index contributed by atoms with van der Waals surface area (Å²) in [6.45, 7) is 4.67. The molecular weight excluding hydrogens is 388 g/mol. The number of anilines is 1. The number of nitrogens with zero attached hydrogens (tertiary/aromatic N) is 5. The summed E-state index contributed by atoms with van der Waals surface area (Å²) in [4.78, 5) is 16.7. The van der Waals surface area contributed by atoms with Crippen molar-refractivity contribution in [2.75, 3.05) is 5.32 Å². The summed E-state index contributed by atoms with van der Waals surface area (Å²) < 4.78 is 3.65. The highest BCUT2D eigenvalue weighted by atomic mass is 16.1. The molecule has 4 rings (SSSR count). The van der Waals surface area contributed by atoms with Gasteiger partial charge in [-0.15, -0.1) is 0 Å². The molecule has 0 fully saturated rings. The molecule has 0 saturated heterocycles. The van der Waals surface area contributed by atoms with Crippen molar-refractivity contribution >= 4 is 17.8 Å². The molecule has 0 unspecified atom stereocenters. The number of carbonyl (C=O) groups is 1. The highest BCUT2D eigenvalue weighted by Crippen LogP contribution is 2.23. The Kier molecular flexibility index (Phi) is 6.03. The van der Waals surface area contributed by atoms with Crippen molar-refractivity contribution in [2.24, 2.45) is 0 Å². The molecule has 31 heavy (non-hydrogen) atoms. The van der Waals surface area contributed by atoms with Gasteiger partial charge in [-0.1, -0.05) is 30.3 Å². The lowest BCUT2D eigenvalue weighted by Gasteiger charge is -2.10. The molecule has 0 bridgehead atoms. The Bertz CT molecular complexity index is 1180. The van der Waals surface area contributed by atoms with Gasteiger partial charge >= 0.3 is 0 Å². The Balaban J connectivity index is 1.58. The Morgan fingerprint density at radius 3 is 2.68 bits per heavy atom. The van der Waals surface area contributed by atoms with Crippen molar-refractivity contribution in [1.29, 1.82) is 0 Å². The molecule has 0 radical (unpaired) electrons. The van der Waals surface area contributed by atoms with Crippen LogP contribution in [0.25, 0.3) is 17.3 Å². The largest absolute Gasteiger partial charge is 0.307 e. The van der Waals surface area contributed by atoms with Crippen LogP contribution < -0.4 is 5.32 Å². The van der Waals surface area contributed by atoms with Crippen molar-refractivity contribution in [3.8, 4) is 11.3 Å². The zero-order valence-corrected chi connectivity index (χ0v) is 17.5. The van der Waals surface area contributed by atoms with Crippen molar-refractivity contribution < 1.29 is 4.79 Å². The molecule has 0 spiro atoms. The molecular formula is C24H24N6O. The fourth-order valence-corrected chi connectivity index (χ4v) is 3.30. The third-order valence-corrected chi connectivity index (χ3v) is 4.74. The van der Waals surface area contributed by atoms with E-state index in [0.29, 0.717) is 12.4 Å². The molecule has 3 heterocycles. The highest BCUT2D eigenvalue weighted by Gasteiger charge is 2.11. The van der Waals surface area contributed by atoms with E-state index in [1.165, 1.54) is 6.08 Å². The van der Waals surface area contributed by atoms with Crippen LogP contribution >= 0.6 is 0 Å². The van der Waals surface area contributed by atoms with Crippen LogP contribution in [0.2, 0.25) is 0 Å². The smallest absolute Gasteiger partial charge is 0.249 e. The average Bonchev–Trinajstić information content (AvgIpc) is 3.40. The van der Waals surface area contributed by atoms with E-state index >= 15 is 0 Å². The van der Waals surface area contributed by atoms with Gasteiger partial charge in [0, 0.05) is 47.9 Å². The minimum absolute atomic E-state index is 0.155. The second kappa shape index (κ2) is 9.21. The minimum atomic E-state index is -0.227. The average molecular weight is 412 g/mol. The molecule has 1 aromatic carbocycles. The predicted molar refractivity (Wildman–Crippen MR) is 121 cm³/mol. The molecule has 3 aromatic heterocycles. The van der Waals surface area contributed by atoms with Crippen LogP contribution in [0.3, 0.4) is 0 Å². The van der Waals surface area contributed by atoms with Gasteiger partial charge < -0.3 is 5.32 Å². The monoisotopic (exact) mass is 412 g/mol. The number of carbonyl (C=O) groups excluding carboxylic acids is 1. The summed E-state index contributed by atoms with van der Waals surface area (Å²) in [5.41, 5.74) is 3.67. The number of rotatable bonds is 7. The third-order valence-electron chi connectivity index (χ3n) is 4.74. The lowest BCUT2D eigenvalue weighted by molar-refractivity contribution is -0.111. The first-order valence-electron chi connectivity index (χ1n) is 10.1. The number of aromatic nitrogens is 5. The Labute approximate surface area is 181 Å². The van der Waals surface area contributed by atoms with Gasteiger partial charge in [0.1, 0.15) is 11.5 Å². The number of hydrogen-bond donors (Lipinski definition) is 1. The SMILES string of the molecule is CC(C)n1nccc1NC(=O)C=Cc1cn(Cc2ccccc2)nc1-c1cccnc1. The summed E-state index contributed by atoms with van der Waals surface area (Å²) in [5.74, 6) is 0.437. The number of pyridine rings is 1. The van der Waals surface area contributed by atoms with Crippen LogP contribution in [0.5, 0.6) is 0 Å². The Morgan fingerprint density at radius 1 is 1.10 bits per heavy atom. The van der Waals surface area contributed by atoms with Crippen LogP contribution in [-0.4, -0.2) is 30.5 Å². The first-order valence-corrected chi connectivity index (χ1v) is 10.1. The molecule has 4 aromatic rings. The van der Waals surface area contributed by atoms with Gasteiger partial charge in [0.15, 0.2) is 0 Å². The fourth-order valence-electron chi connectivity index (χ4n) is 3.30. The topological polar surface area (TPSA) is 77.6 Å². The maximum atomic E-state index is 12.5. The molecule has 7 heteroatoms. The maximum absolute atomic E-state index is 12.5. The van der Waals surface area contributed by atoms with E-state index in [9.17, 15) is 4.79 Å². The summed E-state index contributed by atoms with van der Waals surface area (Å²) in [7, 11) is 0. The van der Waals surface area contributed by atoms with Crippen molar-refractivity contribution in [2.45, 2.75) is 26.4 Å². The van der Waals surface area contributed by atoms with E-state index in [1.807, 2.05) is 55.1 Å². The minimum Gasteiger partial charge on any atom is -0.307 e. The van der Waals surface area contributed by atoms with Crippen LogP contribution in [0, 0.1) is 0 Å². The summed E-state index contributed by atoms with van der Waals surface area (Å²) in [5, 5.41) is 11.9. The lowest BCUT2D eigenvalue weighted by Crippen LogP contribution is -2.14. The van der Waals surface area contributed by atoms with Gasteiger partial charge in [-0.3, -0.25) is 14.5 Å². The molecule has 156 valence electrons. The molecule has 7 nitrogen and oxygen atoms in total. The normalized spacial score (nSPS) is 11.3. The van der Waals surface area contributed by atoms with E-state index in [2.05, 4.69) is 27.5 Å². The number of hydrogen-bond acceptors (Lipinski definition) is 4. The maximum Gasteiger partial charge on any atom is 0.249 e. The first kappa shape index (κ1) is 20.3. The second-order valence-electron chi connectivity index (χ2n) is 7.44. The quantitative estimate of drug-likeness (QED) is 0.456. The van der Waals surface area contributed by atoms with Gasteiger partial charge in [-0.25, -0.2) is 4.68 Å². The van der Waals surface area contributed by atoms with Crippen LogP contribution in [0.4, 0.5) is 5.82 Å². The van der Waals surface area contributed by atoms with Gasteiger partial charge in [0.2, 0.25) is 5.91 Å². The second-order valence-corrected chi connectivity index (χ2v) is 7.44. The first-order chi connectivity index (χ1) is 15.1. The van der Waals surface area contributed by atoms with E-state index < -0.39 is 0 Å². The third kappa shape index (κ3) is 4.95. The summed E-state index contributed by atoms with van der Waals surface area (Å²) in [6, 6.07) is 15.9. The van der Waals surface area contributed by atoms with Crippen LogP contribution in [0.15, 0.2) is 79.4 Å². The van der Waals surface area contributed by atoms with Crippen LogP contribution in [0.1, 0.15) is 31.0 Å². The zero-order chi connectivity index (χ0) is 21.6. The zero-order valence-electron chi connectivity index (χ0n) is 17.5. The summed E-state index contributed by atoms with van der Waals surface area (Å²) in [6.07, 6.45) is 10.4. The van der Waals surface area contributed by atoms with Crippen molar-refractivity contribution in [1.82, 2.24) is 24.5 Å². The molecule has 0 aliphatic carbocycles. The van der Waals surface area contributed by atoms with E-state index in [1.54, 1.807) is 35.4 Å². The van der Waals surface area contributed by atoms with Gasteiger partial charge in [-0.05, 0) is 37.6 Å². The van der Waals surface area contributed by atoms with Crippen molar-refractivity contribution in [3.63, 3.8) is 0 Å². The van der Waals surface area contributed by atoms with E-state index in [0.717, 1.165) is 22.4 Å². The van der Waals surface area contributed by atoms with Gasteiger partial charge in [0.25, 0.3) is 0 Å². The molecule has 1 N–H and O–H groups in total. The number of amides is 1. The molecule has 1 amide bonds.